The van der Waals surface area contributed by atoms with Crippen molar-refractivity contribution in [3.63, 3.8) is 0 Å². The van der Waals surface area contributed by atoms with Crippen LogP contribution < -0.4 is 4.74 Å². The third-order valence-corrected chi connectivity index (χ3v) is 5.00. The molecule has 28 heavy (non-hydrogen) atoms. The number of alkyl halides is 3. The maximum absolute atomic E-state index is 12.9. The van der Waals surface area contributed by atoms with Gasteiger partial charge in [0.2, 0.25) is 0 Å². The van der Waals surface area contributed by atoms with Crippen molar-refractivity contribution in [1.29, 1.82) is 0 Å². The standard InChI is InChI=1S/C22H17F3O3/c1-12(26)17-11-19(27-13(17)2)20-16-5-3-4-6-18(16)28-21(20)14-7-9-15(10-8-14)22(23,24)25/h3-11,20-21H,1-2H3/t20-,21+/m1/s1. The number of Topliss-reactive ketones (excluding diaryl/α,β-unsaturated/α-hetero) is 1. The Bertz CT molecular complexity index is 1030. The van der Waals surface area contributed by atoms with Crippen LogP contribution in [0.5, 0.6) is 5.75 Å². The lowest BCUT2D eigenvalue weighted by Crippen LogP contribution is -2.12. The molecule has 144 valence electrons. The molecule has 6 heteroatoms. The van der Waals surface area contributed by atoms with Gasteiger partial charge in [-0.15, -0.1) is 0 Å². The molecule has 0 bridgehead atoms. The van der Waals surface area contributed by atoms with Crippen LogP contribution in [-0.4, -0.2) is 5.78 Å². The van der Waals surface area contributed by atoms with Gasteiger partial charge in [-0.2, -0.15) is 13.2 Å². The molecule has 0 spiro atoms. The van der Waals surface area contributed by atoms with E-state index in [0.717, 1.165) is 17.7 Å². The Hall–Kier alpha value is -3.02. The number of halogens is 3. The predicted molar refractivity (Wildman–Crippen MR) is 96.5 cm³/mol. The number of ether oxygens (including phenoxy) is 1. The molecular formula is C22H17F3O3. The zero-order chi connectivity index (χ0) is 20.1. The highest BCUT2D eigenvalue weighted by molar-refractivity contribution is 5.95. The fourth-order valence-corrected chi connectivity index (χ4v) is 3.65. The second-order valence-electron chi connectivity index (χ2n) is 6.85. The van der Waals surface area contributed by atoms with Gasteiger partial charge in [0.15, 0.2) is 5.78 Å². The van der Waals surface area contributed by atoms with E-state index in [1.165, 1.54) is 19.1 Å². The molecule has 0 saturated heterocycles. The SMILES string of the molecule is CC(=O)c1cc([C@H]2c3ccccc3O[C@H]2c2ccc(C(F)(F)F)cc2)oc1C. The van der Waals surface area contributed by atoms with Gasteiger partial charge >= 0.3 is 6.18 Å². The van der Waals surface area contributed by atoms with Crippen molar-refractivity contribution in [2.45, 2.75) is 32.0 Å². The minimum absolute atomic E-state index is 0.106. The molecule has 0 saturated carbocycles. The maximum atomic E-state index is 12.9. The summed E-state index contributed by atoms with van der Waals surface area (Å²) in [5, 5.41) is 0. The van der Waals surface area contributed by atoms with Crippen molar-refractivity contribution in [2.75, 3.05) is 0 Å². The molecule has 2 atom stereocenters. The molecule has 4 rings (SSSR count). The first-order valence-electron chi connectivity index (χ1n) is 8.79. The number of hydrogen-bond acceptors (Lipinski definition) is 3. The molecule has 0 amide bonds. The summed E-state index contributed by atoms with van der Waals surface area (Å²) in [6, 6.07) is 14.1. The first-order valence-corrected chi connectivity index (χ1v) is 8.79. The minimum atomic E-state index is -4.40. The molecule has 3 aromatic rings. The molecule has 2 heterocycles. The average molecular weight is 386 g/mol. The van der Waals surface area contributed by atoms with Crippen LogP contribution in [0.2, 0.25) is 0 Å². The van der Waals surface area contributed by atoms with Crippen LogP contribution in [0.15, 0.2) is 59.0 Å². The molecule has 0 unspecified atom stereocenters. The number of carbonyl (C=O) groups is 1. The molecule has 0 radical (unpaired) electrons. The van der Waals surface area contributed by atoms with Gasteiger partial charge in [-0.05, 0) is 43.7 Å². The van der Waals surface area contributed by atoms with Crippen LogP contribution in [0.1, 0.15) is 57.5 Å². The Kier molecular flexibility index (Phi) is 4.29. The first kappa shape index (κ1) is 18.3. The normalized spacial score (nSPS) is 18.6. The average Bonchev–Trinajstić information content (AvgIpc) is 3.21. The number of carbonyl (C=O) groups excluding carboxylic acids is 1. The van der Waals surface area contributed by atoms with Gasteiger partial charge < -0.3 is 9.15 Å². The molecule has 0 aliphatic carbocycles. The number of furan rings is 1. The largest absolute Gasteiger partial charge is 0.484 e. The maximum Gasteiger partial charge on any atom is 0.416 e. The van der Waals surface area contributed by atoms with E-state index in [9.17, 15) is 18.0 Å². The Balaban J connectivity index is 1.79. The van der Waals surface area contributed by atoms with Gasteiger partial charge in [0.1, 0.15) is 23.4 Å². The highest BCUT2D eigenvalue weighted by atomic mass is 19.4. The van der Waals surface area contributed by atoms with Gasteiger partial charge in [-0.1, -0.05) is 30.3 Å². The van der Waals surface area contributed by atoms with E-state index in [0.29, 0.717) is 28.4 Å². The van der Waals surface area contributed by atoms with Gasteiger partial charge in [0.05, 0.1) is 17.0 Å². The van der Waals surface area contributed by atoms with Crippen LogP contribution in [-0.2, 0) is 6.18 Å². The molecule has 1 aliphatic heterocycles. The summed E-state index contributed by atoms with van der Waals surface area (Å²) in [5.74, 6) is 1.25. The minimum Gasteiger partial charge on any atom is -0.484 e. The van der Waals surface area contributed by atoms with Crippen molar-refractivity contribution in [1.82, 2.24) is 0 Å². The molecule has 1 aromatic heterocycles. The van der Waals surface area contributed by atoms with Crippen LogP contribution in [0.4, 0.5) is 13.2 Å². The Morgan fingerprint density at radius 1 is 1.04 bits per heavy atom. The summed E-state index contributed by atoms with van der Waals surface area (Å²) in [5.41, 5.74) is 1.26. The smallest absolute Gasteiger partial charge is 0.416 e. The number of ketones is 1. The van der Waals surface area contributed by atoms with Crippen molar-refractivity contribution in [2.24, 2.45) is 0 Å². The number of hydrogen-bond donors (Lipinski definition) is 0. The third-order valence-electron chi connectivity index (χ3n) is 5.00. The topological polar surface area (TPSA) is 39.4 Å². The van der Waals surface area contributed by atoms with Crippen LogP contribution in [0, 0.1) is 6.92 Å². The van der Waals surface area contributed by atoms with E-state index in [2.05, 4.69) is 0 Å². The van der Waals surface area contributed by atoms with Crippen LogP contribution in [0.25, 0.3) is 0 Å². The highest BCUT2D eigenvalue weighted by Gasteiger charge is 2.39. The summed E-state index contributed by atoms with van der Waals surface area (Å²) in [6.45, 7) is 3.18. The summed E-state index contributed by atoms with van der Waals surface area (Å²) in [4.78, 5) is 11.8. The van der Waals surface area contributed by atoms with Crippen molar-refractivity contribution in [3.05, 3.63) is 88.4 Å². The van der Waals surface area contributed by atoms with Gasteiger partial charge in [-0.3, -0.25) is 4.79 Å². The predicted octanol–water partition coefficient (Wildman–Crippen LogP) is 6.08. The lowest BCUT2D eigenvalue weighted by Gasteiger charge is -2.18. The number of benzene rings is 2. The fraction of sp³-hybridized carbons (Fsp3) is 0.227. The van der Waals surface area contributed by atoms with E-state index in [1.54, 1.807) is 13.0 Å². The zero-order valence-electron chi connectivity index (χ0n) is 15.2. The second kappa shape index (κ2) is 6.55. The molecule has 1 aliphatic rings. The Morgan fingerprint density at radius 3 is 2.32 bits per heavy atom. The summed E-state index contributed by atoms with van der Waals surface area (Å²) in [6.07, 6.45) is -4.95. The molecule has 0 fully saturated rings. The van der Waals surface area contributed by atoms with E-state index in [4.69, 9.17) is 9.15 Å². The highest BCUT2D eigenvalue weighted by Crippen LogP contribution is 2.50. The molecule has 2 aromatic carbocycles. The second-order valence-corrected chi connectivity index (χ2v) is 6.85. The quantitative estimate of drug-likeness (QED) is 0.513. The monoisotopic (exact) mass is 386 g/mol. The zero-order valence-corrected chi connectivity index (χ0v) is 15.2. The van der Waals surface area contributed by atoms with E-state index in [-0.39, 0.29) is 11.7 Å². The van der Waals surface area contributed by atoms with Crippen LogP contribution in [0.3, 0.4) is 0 Å². The fourth-order valence-electron chi connectivity index (χ4n) is 3.65. The lowest BCUT2D eigenvalue weighted by molar-refractivity contribution is -0.137. The molecular weight excluding hydrogens is 369 g/mol. The van der Waals surface area contributed by atoms with Crippen molar-refractivity contribution in [3.8, 4) is 5.75 Å². The number of aryl methyl sites for hydroxylation is 1. The van der Waals surface area contributed by atoms with Crippen molar-refractivity contribution < 1.29 is 27.1 Å². The summed E-state index contributed by atoms with van der Waals surface area (Å²) in [7, 11) is 0. The van der Waals surface area contributed by atoms with Gasteiger partial charge in [0, 0.05) is 5.56 Å². The van der Waals surface area contributed by atoms with Gasteiger partial charge in [0.25, 0.3) is 0 Å². The van der Waals surface area contributed by atoms with E-state index >= 15 is 0 Å². The third kappa shape index (κ3) is 3.09. The van der Waals surface area contributed by atoms with E-state index < -0.39 is 17.8 Å². The van der Waals surface area contributed by atoms with Gasteiger partial charge in [-0.25, -0.2) is 0 Å². The Labute approximate surface area is 159 Å². The molecule has 3 nitrogen and oxygen atoms in total. The number of rotatable bonds is 3. The molecule has 0 N–H and O–H groups in total. The van der Waals surface area contributed by atoms with E-state index in [1.807, 2.05) is 24.3 Å². The Morgan fingerprint density at radius 2 is 1.71 bits per heavy atom. The first-order chi connectivity index (χ1) is 13.3. The summed E-state index contributed by atoms with van der Waals surface area (Å²) >= 11 is 0. The lowest BCUT2D eigenvalue weighted by atomic mass is 9.88. The number of para-hydroxylation sites is 1. The van der Waals surface area contributed by atoms with Crippen molar-refractivity contribution >= 4 is 5.78 Å². The summed E-state index contributed by atoms with van der Waals surface area (Å²) < 4.78 is 50.6. The number of fused-ring (bicyclic) bond motifs is 1. The van der Waals surface area contributed by atoms with Crippen LogP contribution >= 0.6 is 0 Å².